The Morgan fingerprint density at radius 3 is 2.50 bits per heavy atom. The van der Waals surface area contributed by atoms with Gasteiger partial charge in [0.1, 0.15) is 11.9 Å². The van der Waals surface area contributed by atoms with Gasteiger partial charge in [-0.05, 0) is 70.8 Å². The van der Waals surface area contributed by atoms with Gasteiger partial charge in [0.15, 0.2) is 11.5 Å². The lowest BCUT2D eigenvalue weighted by Gasteiger charge is -2.32. The monoisotopic (exact) mass is 465 g/mol. The Morgan fingerprint density at radius 1 is 1.18 bits per heavy atom. The van der Waals surface area contributed by atoms with Crippen LogP contribution in [0, 0.1) is 5.92 Å². The second kappa shape index (κ2) is 9.33. The second-order valence-electron chi connectivity index (χ2n) is 10.6. The smallest absolute Gasteiger partial charge is 0.246 e. The van der Waals surface area contributed by atoms with E-state index in [2.05, 4.69) is 39.6 Å². The van der Waals surface area contributed by atoms with Crippen LogP contribution in [0.25, 0.3) is 0 Å². The molecule has 0 bridgehead atoms. The summed E-state index contributed by atoms with van der Waals surface area (Å²) in [7, 11) is 0. The average molecular weight is 466 g/mol. The molecule has 0 unspecified atom stereocenters. The summed E-state index contributed by atoms with van der Waals surface area (Å²) in [4.78, 5) is 25.3. The minimum absolute atomic E-state index is 0.0255. The summed E-state index contributed by atoms with van der Waals surface area (Å²) in [6.07, 6.45) is 6.11. The largest absolute Gasteiger partial charge is 0.463 e. The first-order valence-electron chi connectivity index (χ1n) is 12.0. The minimum atomic E-state index is -0.640. The van der Waals surface area contributed by atoms with E-state index < -0.39 is 11.1 Å². The molecule has 0 saturated heterocycles. The lowest BCUT2D eigenvalue weighted by atomic mass is 9.77. The number of aliphatic hydroxyl groups excluding tert-OH is 1. The predicted octanol–water partition coefficient (Wildman–Crippen LogP) is 3.90. The molecule has 1 aromatic carbocycles. The highest BCUT2D eigenvalue weighted by Crippen LogP contribution is 2.40. The van der Waals surface area contributed by atoms with Crippen molar-refractivity contribution in [3.8, 4) is 5.88 Å². The van der Waals surface area contributed by atoms with Crippen molar-refractivity contribution in [2.45, 2.75) is 76.9 Å². The molecular weight excluding hydrogens is 430 g/mol. The maximum absolute atomic E-state index is 12.3. The number of amides is 1. The van der Waals surface area contributed by atoms with Gasteiger partial charge < -0.3 is 20.9 Å². The first kappa shape index (κ1) is 24.1. The summed E-state index contributed by atoms with van der Waals surface area (Å²) < 4.78 is 6.09. The number of benzene rings is 1. The molecule has 2 heterocycles. The van der Waals surface area contributed by atoms with Crippen molar-refractivity contribution < 1.29 is 14.6 Å². The zero-order valence-corrected chi connectivity index (χ0v) is 20.5. The zero-order valence-electron chi connectivity index (χ0n) is 20.5. The van der Waals surface area contributed by atoms with Gasteiger partial charge in [-0.3, -0.25) is 4.79 Å². The Hall–Kier alpha value is -3.00. The first-order chi connectivity index (χ1) is 16.1. The molecule has 4 N–H and O–H groups in total. The van der Waals surface area contributed by atoms with Crippen molar-refractivity contribution in [3.05, 3.63) is 41.7 Å². The molecule has 1 aliphatic heterocycles. The first-order valence-corrected chi connectivity index (χ1v) is 12.0. The molecule has 8 nitrogen and oxygen atoms in total. The molecular formula is C26H35N5O3. The number of nitrogen functional groups attached to an aromatic ring is 1. The number of aliphatic hydroxyl groups is 1. The quantitative estimate of drug-likeness (QED) is 0.595. The molecule has 1 aromatic heterocycles. The SMILES string of the molecule is CC(C)(CO)NC(=O)CC1CCC(c2ccc(C3=Nc4c(N)ncnc4OC3(C)C)cc2)CC1. The molecule has 0 atom stereocenters. The van der Waals surface area contributed by atoms with Crippen molar-refractivity contribution in [1.29, 1.82) is 0 Å². The number of aromatic nitrogens is 2. The van der Waals surface area contributed by atoms with Gasteiger partial charge in [-0.15, -0.1) is 0 Å². The molecule has 0 radical (unpaired) electrons. The fraction of sp³-hybridized carbons (Fsp3) is 0.538. The Morgan fingerprint density at radius 2 is 1.85 bits per heavy atom. The maximum Gasteiger partial charge on any atom is 0.246 e. The minimum Gasteiger partial charge on any atom is -0.463 e. The number of anilines is 1. The van der Waals surface area contributed by atoms with Crippen molar-refractivity contribution >= 4 is 23.1 Å². The molecule has 2 aromatic rings. The summed E-state index contributed by atoms with van der Waals surface area (Å²) in [5.74, 6) is 1.62. The number of hydrogen-bond donors (Lipinski definition) is 3. The van der Waals surface area contributed by atoms with Crippen molar-refractivity contribution in [1.82, 2.24) is 15.3 Å². The van der Waals surface area contributed by atoms with Crippen LogP contribution in [0.4, 0.5) is 11.5 Å². The standard InChI is InChI=1S/C26H35N5O3/c1-25(2,14-32)31-20(33)13-16-5-7-17(8-6-16)18-9-11-19(12-10-18)22-26(3,4)34-24-21(30-22)23(27)28-15-29-24/h9-12,15-17,32H,5-8,13-14H2,1-4H3,(H,31,33)(H2,27,28,29). The number of carbonyl (C=O) groups excluding carboxylic acids is 1. The van der Waals surface area contributed by atoms with Crippen LogP contribution in [0.2, 0.25) is 0 Å². The second-order valence-corrected chi connectivity index (χ2v) is 10.6. The zero-order chi connectivity index (χ0) is 24.5. The number of nitrogens with one attached hydrogen (secondary N) is 1. The van der Waals surface area contributed by atoms with Crippen LogP contribution in [0.5, 0.6) is 5.88 Å². The van der Waals surface area contributed by atoms with E-state index in [4.69, 9.17) is 15.5 Å². The van der Waals surface area contributed by atoms with Crippen LogP contribution in [0.3, 0.4) is 0 Å². The molecule has 2 aliphatic rings. The number of rotatable bonds is 6. The van der Waals surface area contributed by atoms with Crippen molar-refractivity contribution in [2.24, 2.45) is 10.9 Å². The fourth-order valence-electron chi connectivity index (χ4n) is 4.85. The molecule has 34 heavy (non-hydrogen) atoms. The average Bonchev–Trinajstić information content (AvgIpc) is 2.79. The van der Waals surface area contributed by atoms with Crippen LogP contribution in [-0.2, 0) is 4.79 Å². The van der Waals surface area contributed by atoms with Crippen LogP contribution in [-0.4, -0.2) is 44.4 Å². The number of aliphatic imine (C=N–C) groups is 1. The van der Waals surface area contributed by atoms with Gasteiger partial charge in [0.2, 0.25) is 11.8 Å². The molecule has 1 amide bonds. The normalized spacial score (nSPS) is 21.7. The van der Waals surface area contributed by atoms with Gasteiger partial charge >= 0.3 is 0 Å². The van der Waals surface area contributed by atoms with Crippen LogP contribution >= 0.6 is 0 Å². The van der Waals surface area contributed by atoms with Gasteiger partial charge in [0.05, 0.1) is 17.9 Å². The van der Waals surface area contributed by atoms with Gasteiger partial charge in [0.25, 0.3) is 0 Å². The molecule has 1 aliphatic carbocycles. The molecule has 4 rings (SSSR count). The topological polar surface area (TPSA) is 123 Å². The van der Waals surface area contributed by atoms with Crippen molar-refractivity contribution in [2.75, 3.05) is 12.3 Å². The third-order valence-electron chi connectivity index (χ3n) is 6.81. The van der Waals surface area contributed by atoms with Gasteiger partial charge in [-0.2, -0.15) is 4.98 Å². The molecule has 1 fully saturated rings. The summed E-state index contributed by atoms with van der Waals surface area (Å²) in [5, 5.41) is 12.3. The van der Waals surface area contributed by atoms with E-state index in [-0.39, 0.29) is 12.5 Å². The van der Waals surface area contributed by atoms with Gasteiger partial charge in [0, 0.05) is 12.0 Å². The lowest BCUT2D eigenvalue weighted by molar-refractivity contribution is -0.124. The highest BCUT2D eigenvalue weighted by atomic mass is 16.5. The van der Waals surface area contributed by atoms with E-state index in [1.165, 1.54) is 11.9 Å². The third-order valence-corrected chi connectivity index (χ3v) is 6.81. The molecule has 0 spiro atoms. The number of hydrogen-bond acceptors (Lipinski definition) is 7. The summed E-state index contributed by atoms with van der Waals surface area (Å²) >= 11 is 0. The lowest BCUT2D eigenvalue weighted by Crippen LogP contribution is -2.46. The van der Waals surface area contributed by atoms with E-state index in [1.807, 2.05) is 27.7 Å². The summed E-state index contributed by atoms with van der Waals surface area (Å²) in [6.45, 7) is 7.54. The third kappa shape index (κ3) is 5.22. The number of fused-ring (bicyclic) bond motifs is 1. The van der Waals surface area contributed by atoms with Crippen LogP contribution in [0.1, 0.15) is 76.8 Å². The number of carbonyl (C=O) groups is 1. The molecule has 182 valence electrons. The van der Waals surface area contributed by atoms with Crippen LogP contribution < -0.4 is 15.8 Å². The Balaban J connectivity index is 1.40. The Labute approximate surface area is 201 Å². The fourth-order valence-corrected chi connectivity index (χ4v) is 4.85. The summed E-state index contributed by atoms with van der Waals surface area (Å²) in [6, 6.07) is 8.55. The van der Waals surface area contributed by atoms with E-state index in [0.29, 0.717) is 35.6 Å². The van der Waals surface area contributed by atoms with E-state index >= 15 is 0 Å². The number of nitrogens with two attached hydrogens (primary N) is 1. The number of ether oxygens (including phenoxy) is 1. The highest BCUT2D eigenvalue weighted by molar-refractivity contribution is 6.09. The van der Waals surface area contributed by atoms with Crippen LogP contribution in [0.15, 0.2) is 35.6 Å². The van der Waals surface area contributed by atoms with Gasteiger partial charge in [-0.1, -0.05) is 24.3 Å². The molecule has 1 saturated carbocycles. The van der Waals surface area contributed by atoms with E-state index in [0.717, 1.165) is 37.0 Å². The van der Waals surface area contributed by atoms with Crippen molar-refractivity contribution in [3.63, 3.8) is 0 Å². The van der Waals surface area contributed by atoms with Gasteiger partial charge in [-0.25, -0.2) is 9.98 Å². The van der Waals surface area contributed by atoms with E-state index in [9.17, 15) is 9.90 Å². The maximum atomic E-state index is 12.3. The number of nitrogens with zero attached hydrogens (tertiary/aromatic N) is 3. The highest BCUT2D eigenvalue weighted by Gasteiger charge is 2.35. The summed E-state index contributed by atoms with van der Waals surface area (Å²) in [5.41, 5.74) is 8.36. The Kier molecular flexibility index (Phi) is 6.62. The molecule has 8 heteroatoms. The Bertz CT molecular complexity index is 1070. The predicted molar refractivity (Wildman–Crippen MR) is 132 cm³/mol. The van der Waals surface area contributed by atoms with E-state index in [1.54, 1.807) is 0 Å².